The van der Waals surface area contributed by atoms with E-state index in [1.165, 1.54) is 14.2 Å². The summed E-state index contributed by atoms with van der Waals surface area (Å²) in [6, 6.07) is 0. The van der Waals surface area contributed by atoms with Gasteiger partial charge in [0.15, 0.2) is 0 Å². The SMILES string of the molecule is C=C1CC(C(=O)OC)C(C(=O)OC)C1[Si](C)(C)C. The molecule has 3 unspecified atom stereocenters. The van der Waals surface area contributed by atoms with Crippen molar-refractivity contribution in [1.29, 1.82) is 0 Å². The van der Waals surface area contributed by atoms with Crippen LogP contribution in [0.3, 0.4) is 0 Å². The highest BCUT2D eigenvalue weighted by Crippen LogP contribution is 2.50. The van der Waals surface area contributed by atoms with Gasteiger partial charge in [-0.05, 0) is 12.0 Å². The zero-order valence-electron chi connectivity index (χ0n) is 11.8. The number of carbonyl (C=O) groups excluding carboxylic acids is 2. The fourth-order valence-corrected chi connectivity index (χ4v) is 5.78. The van der Waals surface area contributed by atoms with E-state index in [0.717, 1.165) is 5.57 Å². The monoisotopic (exact) mass is 270 g/mol. The van der Waals surface area contributed by atoms with Gasteiger partial charge in [0.25, 0.3) is 0 Å². The Labute approximate surface area is 109 Å². The third-order valence-electron chi connectivity index (χ3n) is 3.62. The van der Waals surface area contributed by atoms with E-state index in [4.69, 9.17) is 9.47 Å². The van der Waals surface area contributed by atoms with Crippen LogP contribution in [-0.4, -0.2) is 34.2 Å². The molecule has 3 atom stereocenters. The molecule has 0 heterocycles. The van der Waals surface area contributed by atoms with Gasteiger partial charge in [-0.3, -0.25) is 9.59 Å². The van der Waals surface area contributed by atoms with E-state index < -0.39 is 19.9 Å². The van der Waals surface area contributed by atoms with Gasteiger partial charge in [0.1, 0.15) is 0 Å². The number of ether oxygens (including phenoxy) is 2. The van der Waals surface area contributed by atoms with E-state index in [-0.39, 0.29) is 17.5 Å². The molecule has 0 aromatic carbocycles. The zero-order chi connectivity index (χ0) is 14.1. The minimum absolute atomic E-state index is 0.0778. The van der Waals surface area contributed by atoms with Gasteiger partial charge in [-0.25, -0.2) is 0 Å². The van der Waals surface area contributed by atoms with Crippen molar-refractivity contribution in [2.75, 3.05) is 14.2 Å². The van der Waals surface area contributed by atoms with Gasteiger partial charge >= 0.3 is 11.9 Å². The van der Waals surface area contributed by atoms with Crippen molar-refractivity contribution >= 4 is 20.0 Å². The molecular weight excluding hydrogens is 248 g/mol. The molecule has 1 aliphatic carbocycles. The highest BCUT2D eigenvalue weighted by Gasteiger charge is 2.52. The van der Waals surface area contributed by atoms with E-state index in [1.807, 2.05) is 0 Å². The molecule has 0 radical (unpaired) electrons. The average Bonchev–Trinajstić information content (AvgIpc) is 2.64. The van der Waals surface area contributed by atoms with Crippen molar-refractivity contribution in [1.82, 2.24) is 0 Å². The molecule has 0 saturated heterocycles. The second-order valence-corrected chi connectivity index (χ2v) is 11.2. The van der Waals surface area contributed by atoms with E-state index >= 15 is 0 Å². The number of hydrogen-bond acceptors (Lipinski definition) is 4. The first kappa shape index (κ1) is 15.0. The predicted molar refractivity (Wildman–Crippen MR) is 71.9 cm³/mol. The highest BCUT2D eigenvalue weighted by molar-refractivity contribution is 6.78. The molecule has 5 heteroatoms. The van der Waals surface area contributed by atoms with Crippen molar-refractivity contribution in [2.45, 2.75) is 31.6 Å². The molecule has 0 aromatic heterocycles. The maximum Gasteiger partial charge on any atom is 0.309 e. The molecule has 0 N–H and O–H groups in total. The molecule has 0 bridgehead atoms. The molecule has 0 spiro atoms. The summed E-state index contributed by atoms with van der Waals surface area (Å²) in [6.45, 7) is 10.6. The lowest BCUT2D eigenvalue weighted by Gasteiger charge is -2.31. The van der Waals surface area contributed by atoms with Crippen LogP contribution in [0.1, 0.15) is 6.42 Å². The Bertz CT molecular complexity index is 370. The molecule has 1 fully saturated rings. The van der Waals surface area contributed by atoms with Gasteiger partial charge in [-0.2, -0.15) is 0 Å². The number of hydrogen-bond donors (Lipinski definition) is 0. The number of carbonyl (C=O) groups is 2. The minimum atomic E-state index is -1.64. The second kappa shape index (κ2) is 5.26. The third-order valence-corrected chi connectivity index (χ3v) is 6.26. The molecule has 102 valence electrons. The van der Waals surface area contributed by atoms with Crippen LogP contribution in [0.5, 0.6) is 0 Å². The Morgan fingerprint density at radius 2 is 1.67 bits per heavy atom. The first-order valence-electron chi connectivity index (χ1n) is 6.07. The van der Waals surface area contributed by atoms with Crippen LogP contribution in [0, 0.1) is 11.8 Å². The van der Waals surface area contributed by atoms with Crippen LogP contribution in [0.2, 0.25) is 25.2 Å². The van der Waals surface area contributed by atoms with Crippen molar-refractivity contribution in [2.24, 2.45) is 11.8 Å². The minimum Gasteiger partial charge on any atom is -0.469 e. The summed E-state index contributed by atoms with van der Waals surface area (Å²) in [5.74, 6) is -1.53. The molecule has 1 rings (SSSR count). The molecule has 1 aliphatic rings. The summed E-state index contributed by atoms with van der Waals surface area (Å²) in [5, 5.41) is 0. The number of rotatable bonds is 3. The van der Waals surface area contributed by atoms with Crippen LogP contribution < -0.4 is 0 Å². The standard InChI is InChI=1S/C13H22O4Si/c1-8-7-9(12(14)16-2)10(13(15)17-3)11(8)18(4,5)6/h9-11H,1,7H2,2-6H3. The van der Waals surface area contributed by atoms with Crippen molar-refractivity contribution in [3.8, 4) is 0 Å². The Morgan fingerprint density at radius 3 is 2.06 bits per heavy atom. The van der Waals surface area contributed by atoms with Gasteiger partial charge in [0.2, 0.25) is 0 Å². The van der Waals surface area contributed by atoms with Gasteiger partial charge in [0.05, 0.1) is 34.1 Å². The largest absolute Gasteiger partial charge is 0.469 e. The van der Waals surface area contributed by atoms with Crippen LogP contribution in [0.25, 0.3) is 0 Å². The fourth-order valence-electron chi connectivity index (χ4n) is 2.99. The highest BCUT2D eigenvalue weighted by atomic mass is 28.3. The smallest absolute Gasteiger partial charge is 0.309 e. The first-order chi connectivity index (χ1) is 8.23. The van der Waals surface area contributed by atoms with Crippen molar-refractivity contribution in [3.05, 3.63) is 12.2 Å². The average molecular weight is 270 g/mol. The van der Waals surface area contributed by atoms with Gasteiger partial charge in [-0.15, -0.1) is 0 Å². The van der Waals surface area contributed by atoms with Gasteiger partial charge in [-0.1, -0.05) is 31.8 Å². The van der Waals surface area contributed by atoms with E-state index in [9.17, 15) is 9.59 Å². The van der Waals surface area contributed by atoms with Crippen LogP contribution >= 0.6 is 0 Å². The quantitative estimate of drug-likeness (QED) is 0.448. The number of allylic oxidation sites excluding steroid dienone is 1. The second-order valence-electron chi connectivity index (χ2n) is 5.88. The molecule has 18 heavy (non-hydrogen) atoms. The number of esters is 2. The molecule has 0 aromatic rings. The third kappa shape index (κ3) is 2.66. The molecule has 0 amide bonds. The van der Waals surface area contributed by atoms with E-state index in [0.29, 0.717) is 6.42 Å². The molecular formula is C13H22O4Si. The van der Waals surface area contributed by atoms with Crippen LogP contribution in [-0.2, 0) is 19.1 Å². The fraction of sp³-hybridized carbons (Fsp3) is 0.692. The lowest BCUT2D eigenvalue weighted by molar-refractivity contribution is -0.156. The van der Waals surface area contributed by atoms with E-state index in [1.54, 1.807) is 0 Å². The lowest BCUT2D eigenvalue weighted by atomic mass is 9.96. The predicted octanol–water partition coefficient (Wildman–Crippen LogP) is 2.23. The zero-order valence-corrected chi connectivity index (χ0v) is 12.8. The molecule has 1 saturated carbocycles. The molecule has 4 nitrogen and oxygen atoms in total. The lowest BCUT2D eigenvalue weighted by Crippen LogP contribution is -2.38. The normalized spacial score (nSPS) is 28.1. The summed E-state index contributed by atoms with van der Waals surface area (Å²) in [4.78, 5) is 23.8. The van der Waals surface area contributed by atoms with Crippen LogP contribution in [0.15, 0.2) is 12.2 Å². The topological polar surface area (TPSA) is 52.6 Å². The van der Waals surface area contributed by atoms with E-state index in [2.05, 4.69) is 26.2 Å². The summed E-state index contributed by atoms with van der Waals surface area (Å²) >= 11 is 0. The number of methoxy groups -OCH3 is 2. The summed E-state index contributed by atoms with van der Waals surface area (Å²) in [6.07, 6.45) is 0.529. The maximum absolute atomic E-state index is 12.0. The Hall–Kier alpha value is -1.10. The Balaban J connectivity index is 3.15. The van der Waals surface area contributed by atoms with Gasteiger partial charge < -0.3 is 9.47 Å². The Morgan fingerprint density at radius 1 is 1.17 bits per heavy atom. The van der Waals surface area contributed by atoms with Crippen molar-refractivity contribution in [3.63, 3.8) is 0 Å². The summed E-state index contributed by atoms with van der Waals surface area (Å²) < 4.78 is 9.66. The van der Waals surface area contributed by atoms with Gasteiger partial charge in [0, 0.05) is 0 Å². The van der Waals surface area contributed by atoms with Crippen molar-refractivity contribution < 1.29 is 19.1 Å². The first-order valence-corrected chi connectivity index (χ1v) is 9.65. The van der Waals surface area contributed by atoms with Crippen LogP contribution in [0.4, 0.5) is 0 Å². The maximum atomic E-state index is 12.0. The molecule has 0 aliphatic heterocycles. The summed E-state index contributed by atoms with van der Waals surface area (Å²) in [7, 11) is 1.07. The summed E-state index contributed by atoms with van der Waals surface area (Å²) in [5.41, 5.74) is 1.06. The Kier molecular flexibility index (Phi) is 4.37.